The van der Waals surface area contributed by atoms with Gasteiger partial charge in [0.25, 0.3) is 0 Å². The normalized spacial score (nSPS) is 12.5. The maximum Gasteiger partial charge on any atom is 0.241 e. The van der Waals surface area contributed by atoms with Crippen LogP contribution in [0.5, 0.6) is 0 Å². The van der Waals surface area contributed by atoms with E-state index in [4.69, 9.17) is 11.6 Å². The first kappa shape index (κ1) is 21.3. The van der Waals surface area contributed by atoms with Gasteiger partial charge in [-0.05, 0) is 56.5 Å². The molecule has 0 heterocycles. The van der Waals surface area contributed by atoms with Crippen LogP contribution in [-0.4, -0.2) is 27.1 Å². The van der Waals surface area contributed by atoms with E-state index in [1.54, 1.807) is 18.2 Å². The van der Waals surface area contributed by atoms with Gasteiger partial charge in [-0.1, -0.05) is 41.4 Å². The Hall–Kier alpha value is -2.05. The average molecular weight is 409 g/mol. The van der Waals surface area contributed by atoms with Gasteiger partial charge in [-0.15, -0.1) is 0 Å². The molecule has 0 unspecified atom stereocenters. The molecule has 1 amide bonds. The van der Waals surface area contributed by atoms with Gasteiger partial charge in [-0.3, -0.25) is 9.10 Å². The lowest BCUT2D eigenvalue weighted by molar-refractivity contribution is -0.120. The number of anilines is 1. The van der Waals surface area contributed by atoms with Gasteiger partial charge in [-0.2, -0.15) is 0 Å². The molecule has 27 heavy (non-hydrogen) atoms. The fraction of sp³-hybridized carbons (Fsp3) is 0.350. The lowest BCUT2D eigenvalue weighted by Crippen LogP contribution is -2.41. The second-order valence-electron chi connectivity index (χ2n) is 6.85. The van der Waals surface area contributed by atoms with Gasteiger partial charge in [0.2, 0.25) is 15.9 Å². The number of aryl methyl sites for hydroxylation is 3. The average Bonchev–Trinajstić information content (AvgIpc) is 2.54. The van der Waals surface area contributed by atoms with E-state index in [-0.39, 0.29) is 18.5 Å². The first-order chi connectivity index (χ1) is 12.5. The first-order valence-corrected chi connectivity index (χ1v) is 10.8. The highest BCUT2D eigenvalue weighted by molar-refractivity contribution is 7.92. The molecule has 0 aliphatic heterocycles. The SMILES string of the molecule is Cc1ccc([C@H](C)NC(=O)CN(c2ccc(C)c(Cl)c2)S(C)(=O)=O)c(C)c1. The van der Waals surface area contributed by atoms with Gasteiger partial charge in [0, 0.05) is 5.02 Å². The maximum atomic E-state index is 12.5. The molecular weight excluding hydrogens is 384 g/mol. The Labute approximate surface area is 166 Å². The Balaban J connectivity index is 2.20. The number of carbonyl (C=O) groups excluding carboxylic acids is 1. The molecular formula is C20H25ClN2O3S. The first-order valence-electron chi connectivity index (χ1n) is 8.59. The van der Waals surface area contributed by atoms with E-state index in [9.17, 15) is 13.2 Å². The highest BCUT2D eigenvalue weighted by Gasteiger charge is 2.22. The molecule has 2 rings (SSSR count). The van der Waals surface area contributed by atoms with E-state index in [1.165, 1.54) is 0 Å². The number of amides is 1. The summed E-state index contributed by atoms with van der Waals surface area (Å²) in [4.78, 5) is 12.5. The number of hydrogen-bond acceptors (Lipinski definition) is 3. The molecule has 146 valence electrons. The Morgan fingerprint density at radius 3 is 2.33 bits per heavy atom. The number of sulfonamides is 1. The van der Waals surface area contributed by atoms with Gasteiger partial charge in [0.1, 0.15) is 6.54 Å². The van der Waals surface area contributed by atoms with Crippen LogP contribution in [0.25, 0.3) is 0 Å². The summed E-state index contributed by atoms with van der Waals surface area (Å²) in [5.74, 6) is -0.385. The van der Waals surface area contributed by atoms with Crippen molar-refractivity contribution in [2.24, 2.45) is 0 Å². The predicted molar refractivity (Wildman–Crippen MR) is 111 cm³/mol. The van der Waals surface area contributed by atoms with Crippen molar-refractivity contribution in [3.63, 3.8) is 0 Å². The number of nitrogens with zero attached hydrogens (tertiary/aromatic N) is 1. The van der Waals surface area contributed by atoms with Crippen molar-refractivity contribution in [1.82, 2.24) is 5.32 Å². The van der Waals surface area contributed by atoms with E-state index in [0.29, 0.717) is 10.7 Å². The van der Waals surface area contributed by atoms with E-state index in [0.717, 1.165) is 32.8 Å². The topological polar surface area (TPSA) is 66.5 Å². The molecule has 0 spiro atoms. The molecule has 0 aromatic heterocycles. The van der Waals surface area contributed by atoms with Crippen molar-refractivity contribution in [3.05, 3.63) is 63.7 Å². The van der Waals surface area contributed by atoms with Crippen molar-refractivity contribution in [2.75, 3.05) is 17.1 Å². The molecule has 0 aliphatic rings. The maximum absolute atomic E-state index is 12.5. The number of hydrogen-bond donors (Lipinski definition) is 1. The lowest BCUT2D eigenvalue weighted by atomic mass is 10.0. The van der Waals surface area contributed by atoms with Crippen LogP contribution >= 0.6 is 11.6 Å². The van der Waals surface area contributed by atoms with Gasteiger partial charge in [0.05, 0.1) is 18.0 Å². The molecule has 0 radical (unpaired) electrons. The minimum Gasteiger partial charge on any atom is -0.348 e. The van der Waals surface area contributed by atoms with Crippen LogP contribution in [0.2, 0.25) is 5.02 Å². The third-order valence-electron chi connectivity index (χ3n) is 4.40. The van der Waals surface area contributed by atoms with Crippen LogP contribution in [0, 0.1) is 20.8 Å². The van der Waals surface area contributed by atoms with E-state index in [1.807, 2.05) is 39.8 Å². The van der Waals surface area contributed by atoms with E-state index in [2.05, 4.69) is 11.4 Å². The highest BCUT2D eigenvalue weighted by atomic mass is 35.5. The summed E-state index contributed by atoms with van der Waals surface area (Å²) in [6, 6.07) is 10.7. The highest BCUT2D eigenvalue weighted by Crippen LogP contribution is 2.25. The van der Waals surface area contributed by atoms with Crippen LogP contribution in [0.3, 0.4) is 0 Å². The second kappa shape index (κ2) is 8.31. The smallest absolute Gasteiger partial charge is 0.241 e. The van der Waals surface area contributed by atoms with Gasteiger partial charge in [-0.25, -0.2) is 8.42 Å². The summed E-state index contributed by atoms with van der Waals surface area (Å²) in [6.07, 6.45) is 1.07. The fourth-order valence-corrected chi connectivity index (χ4v) is 3.97. The molecule has 0 fully saturated rings. The zero-order valence-corrected chi connectivity index (χ0v) is 17.8. The molecule has 2 aromatic carbocycles. The summed E-state index contributed by atoms with van der Waals surface area (Å²) in [5, 5.41) is 3.33. The molecule has 1 atom stereocenters. The third-order valence-corrected chi connectivity index (χ3v) is 5.95. The summed E-state index contributed by atoms with van der Waals surface area (Å²) >= 11 is 6.12. The summed E-state index contributed by atoms with van der Waals surface area (Å²) in [5.41, 5.74) is 4.42. The van der Waals surface area contributed by atoms with Crippen molar-refractivity contribution >= 4 is 33.2 Å². The number of carbonyl (C=O) groups is 1. The number of benzene rings is 2. The van der Waals surface area contributed by atoms with E-state index < -0.39 is 10.0 Å². The molecule has 7 heteroatoms. The predicted octanol–water partition coefficient (Wildman–Crippen LogP) is 3.91. The largest absolute Gasteiger partial charge is 0.348 e. The lowest BCUT2D eigenvalue weighted by Gasteiger charge is -2.24. The molecule has 0 saturated carbocycles. The Kier molecular flexibility index (Phi) is 6.54. The summed E-state index contributed by atoms with van der Waals surface area (Å²) in [7, 11) is -3.64. The van der Waals surface area contributed by atoms with Crippen molar-refractivity contribution in [2.45, 2.75) is 33.7 Å². The number of rotatable bonds is 6. The zero-order valence-electron chi connectivity index (χ0n) is 16.2. The minimum absolute atomic E-state index is 0.235. The van der Waals surface area contributed by atoms with Gasteiger partial charge < -0.3 is 5.32 Å². The number of halogens is 1. The minimum atomic E-state index is -3.64. The fourth-order valence-electron chi connectivity index (χ4n) is 2.94. The molecule has 0 bridgehead atoms. The van der Waals surface area contributed by atoms with Crippen molar-refractivity contribution in [1.29, 1.82) is 0 Å². The molecule has 0 saturated heterocycles. The Morgan fingerprint density at radius 2 is 1.78 bits per heavy atom. The summed E-state index contributed by atoms with van der Waals surface area (Å²) < 4.78 is 25.5. The Morgan fingerprint density at radius 1 is 1.11 bits per heavy atom. The molecule has 5 nitrogen and oxygen atoms in total. The van der Waals surface area contributed by atoms with Crippen molar-refractivity contribution in [3.8, 4) is 0 Å². The van der Waals surface area contributed by atoms with Crippen LogP contribution in [0.15, 0.2) is 36.4 Å². The third kappa shape index (κ3) is 5.47. The van der Waals surface area contributed by atoms with Crippen LogP contribution in [0.4, 0.5) is 5.69 Å². The molecule has 1 N–H and O–H groups in total. The van der Waals surface area contributed by atoms with Crippen molar-refractivity contribution < 1.29 is 13.2 Å². The van der Waals surface area contributed by atoms with Crippen LogP contribution < -0.4 is 9.62 Å². The summed E-state index contributed by atoms with van der Waals surface area (Å²) in [6.45, 7) is 7.39. The van der Waals surface area contributed by atoms with Crippen LogP contribution in [0.1, 0.15) is 35.2 Å². The Bertz CT molecular complexity index is 958. The zero-order chi connectivity index (χ0) is 20.4. The van der Waals surface area contributed by atoms with E-state index >= 15 is 0 Å². The van der Waals surface area contributed by atoms with Gasteiger partial charge in [0.15, 0.2) is 0 Å². The second-order valence-corrected chi connectivity index (χ2v) is 9.17. The standard InChI is InChI=1S/C20H25ClN2O3S/c1-13-6-9-18(15(3)10-13)16(4)22-20(24)12-23(27(5,25)26)17-8-7-14(2)19(21)11-17/h6-11,16H,12H2,1-5H3,(H,22,24)/t16-/m0/s1. The van der Waals surface area contributed by atoms with Gasteiger partial charge >= 0.3 is 0 Å². The van der Waals surface area contributed by atoms with Crippen LogP contribution in [-0.2, 0) is 14.8 Å². The quantitative estimate of drug-likeness (QED) is 0.787. The molecule has 2 aromatic rings. The number of nitrogens with one attached hydrogen (secondary N) is 1. The monoisotopic (exact) mass is 408 g/mol. The molecule has 0 aliphatic carbocycles.